The Hall–Kier alpha value is -2.74. The van der Waals surface area contributed by atoms with E-state index in [0.29, 0.717) is 22.9 Å². The van der Waals surface area contributed by atoms with Crippen molar-refractivity contribution in [3.8, 4) is 28.7 Å². The highest BCUT2D eigenvalue weighted by atomic mass is 16.5. The first-order chi connectivity index (χ1) is 11.7. The lowest BCUT2D eigenvalue weighted by molar-refractivity contribution is 0.395. The SMILES string of the molecule is COc1ccc(-c2c(C#N)c(N)nc3c2CCCCC3)c(OC)c1. The molecule has 1 aromatic heterocycles. The Morgan fingerprint density at radius 1 is 1.12 bits per heavy atom. The summed E-state index contributed by atoms with van der Waals surface area (Å²) in [5, 5.41) is 9.66. The van der Waals surface area contributed by atoms with Crippen LogP contribution in [0.3, 0.4) is 0 Å². The molecule has 1 aliphatic rings. The number of benzene rings is 1. The second kappa shape index (κ2) is 6.79. The number of aryl methyl sites for hydroxylation is 1. The van der Waals surface area contributed by atoms with Gasteiger partial charge in [0.1, 0.15) is 28.9 Å². The fraction of sp³-hybridized carbons (Fsp3) is 0.368. The number of nitrogens with two attached hydrogens (primary N) is 1. The molecule has 0 fully saturated rings. The largest absolute Gasteiger partial charge is 0.497 e. The smallest absolute Gasteiger partial charge is 0.142 e. The molecule has 1 heterocycles. The number of fused-ring (bicyclic) bond motifs is 1. The number of hydrogen-bond acceptors (Lipinski definition) is 5. The van der Waals surface area contributed by atoms with Gasteiger partial charge in [0, 0.05) is 22.9 Å². The van der Waals surface area contributed by atoms with Gasteiger partial charge in [0.15, 0.2) is 0 Å². The highest BCUT2D eigenvalue weighted by Crippen LogP contribution is 2.41. The van der Waals surface area contributed by atoms with Crippen LogP contribution in [0.1, 0.15) is 36.1 Å². The quantitative estimate of drug-likeness (QED) is 0.874. The van der Waals surface area contributed by atoms with E-state index in [9.17, 15) is 5.26 Å². The molecular weight excluding hydrogens is 302 g/mol. The molecule has 3 rings (SSSR count). The molecule has 0 saturated heterocycles. The maximum Gasteiger partial charge on any atom is 0.142 e. The van der Waals surface area contributed by atoms with Gasteiger partial charge < -0.3 is 15.2 Å². The van der Waals surface area contributed by atoms with Crippen molar-refractivity contribution in [1.29, 1.82) is 5.26 Å². The minimum Gasteiger partial charge on any atom is -0.497 e. The molecule has 1 aromatic carbocycles. The Balaban J connectivity index is 2.31. The van der Waals surface area contributed by atoms with Crippen LogP contribution >= 0.6 is 0 Å². The number of rotatable bonds is 3. The predicted molar refractivity (Wildman–Crippen MR) is 93.2 cm³/mol. The Morgan fingerprint density at radius 3 is 2.62 bits per heavy atom. The number of nitriles is 1. The van der Waals surface area contributed by atoms with Crippen LogP contribution in [0.25, 0.3) is 11.1 Å². The van der Waals surface area contributed by atoms with Crippen LogP contribution in [0.15, 0.2) is 18.2 Å². The Morgan fingerprint density at radius 2 is 1.92 bits per heavy atom. The molecule has 0 bridgehead atoms. The van der Waals surface area contributed by atoms with Gasteiger partial charge in [-0.1, -0.05) is 6.42 Å². The van der Waals surface area contributed by atoms with Crippen LogP contribution in [0.5, 0.6) is 11.5 Å². The van der Waals surface area contributed by atoms with Gasteiger partial charge >= 0.3 is 0 Å². The number of nitrogen functional groups attached to an aromatic ring is 1. The minimum absolute atomic E-state index is 0.297. The van der Waals surface area contributed by atoms with Crippen LogP contribution in [-0.4, -0.2) is 19.2 Å². The summed E-state index contributed by atoms with van der Waals surface area (Å²) in [5.74, 6) is 1.68. The summed E-state index contributed by atoms with van der Waals surface area (Å²) in [7, 11) is 3.24. The lowest BCUT2D eigenvalue weighted by Gasteiger charge is -2.18. The van der Waals surface area contributed by atoms with E-state index in [1.165, 1.54) is 0 Å². The molecule has 0 amide bonds. The number of pyridine rings is 1. The Labute approximate surface area is 142 Å². The maximum absolute atomic E-state index is 9.66. The fourth-order valence-corrected chi connectivity index (χ4v) is 3.35. The lowest BCUT2D eigenvalue weighted by atomic mass is 9.91. The summed E-state index contributed by atoms with van der Waals surface area (Å²) in [6.07, 6.45) is 5.16. The average molecular weight is 323 g/mol. The summed E-state index contributed by atoms with van der Waals surface area (Å²) in [6.45, 7) is 0. The summed E-state index contributed by atoms with van der Waals surface area (Å²) < 4.78 is 10.8. The number of hydrogen-bond donors (Lipinski definition) is 1. The molecule has 124 valence electrons. The lowest BCUT2D eigenvalue weighted by Crippen LogP contribution is -2.07. The molecular formula is C19H21N3O2. The number of aromatic nitrogens is 1. The van der Waals surface area contributed by atoms with Gasteiger partial charge in [-0.2, -0.15) is 5.26 Å². The van der Waals surface area contributed by atoms with Crippen molar-refractivity contribution in [2.75, 3.05) is 20.0 Å². The van der Waals surface area contributed by atoms with Crippen LogP contribution in [0, 0.1) is 11.3 Å². The topological polar surface area (TPSA) is 81.2 Å². The minimum atomic E-state index is 0.297. The number of ether oxygens (including phenoxy) is 2. The van der Waals surface area contributed by atoms with Crippen molar-refractivity contribution in [2.45, 2.75) is 32.1 Å². The van der Waals surface area contributed by atoms with E-state index in [2.05, 4.69) is 11.1 Å². The van der Waals surface area contributed by atoms with Gasteiger partial charge in [0.2, 0.25) is 0 Å². The molecule has 0 atom stereocenters. The molecule has 2 aromatic rings. The van der Waals surface area contributed by atoms with Crippen molar-refractivity contribution in [3.63, 3.8) is 0 Å². The number of methoxy groups -OCH3 is 2. The van der Waals surface area contributed by atoms with Gasteiger partial charge in [-0.3, -0.25) is 0 Å². The van der Waals surface area contributed by atoms with E-state index in [4.69, 9.17) is 15.2 Å². The summed E-state index contributed by atoms with van der Waals surface area (Å²) >= 11 is 0. The molecule has 0 spiro atoms. The molecule has 2 N–H and O–H groups in total. The predicted octanol–water partition coefficient (Wildman–Crippen LogP) is 3.49. The molecule has 0 aliphatic heterocycles. The fourth-order valence-electron chi connectivity index (χ4n) is 3.35. The summed E-state index contributed by atoms with van der Waals surface area (Å²) in [6, 6.07) is 7.87. The van der Waals surface area contributed by atoms with Crippen molar-refractivity contribution >= 4 is 5.82 Å². The van der Waals surface area contributed by atoms with E-state index in [1.807, 2.05) is 18.2 Å². The molecule has 0 radical (unpaired) electrons. The Kier molecular flexibility index (Phi) is 4.57. The van der Waals surface area contributed by atoms with Gasteiger partial charge in [-0.15, -0.1) is 0 Å². The zero-order valence-electron chi connectivity index (χ0n) is 14.1. The van der Waals surface area contributed by atoms with Crippen LogP contribution < -0.4 is 15.2 Å². The maximum atomic E-state index is 9.66. The molecule has 5 heteroatoms. The first-order valence-corrected chi connectivity index (χ1v) is 8.13. The zero-order valence-corrected chi connectivity index (χ0v) is 14.1. The van der Waals surface area contributed by atoms with Crippen molar-refractivity contribution in [3.05, 3.63) is 35.0 Å². The third-order valence-electron chi connectivity index (χ3n) is 4.54. The summed E-state index contributed by atoms with van der Waals surface area (Å²) in [5.41, 5.74) is 10.4. The molecule has 0 unspecified atom stereocenters. The van der Waals surface area contributed by atoms with Crippen LogP contribution in [-0.2, 0) is 12.8 Å². The van der Waals surface area contributed by atoms with E-state index in [1.54, 1.807) is 14.2 Å². The third-order valence-corrected chi connectivity index (χ3v) is 4.54. The number of anilines is 1. The number of nitrogens with zero attached hydrogens (tertiary/aromatic N) is 2. The third kappa shape index (κ3) is 2.76. The zero-order chi connectivity index (χ0) is 17.1. The van der Waals surface area contributed by atoms with Gasteiger partial charge in [-0.05, 0) is 43.4 Å². The van der Waals surface area contributed by atoms with Crippen molar-refractivity contribution in [1.82, 2.24) is 4.98 Å². The van der Waals surface area contributed by atoms with Crippen molar-refractivity contribution < 1.29 is 9.47 Å². The highest BCUT2D eigenvalue weighted by molar-refractivity contribution is 5.83. The standard InChI is InChI=1S/C19H21N3O2/c1-23-12-8-9-14(17(10-12)24-2)18-13-6-4-3-5-7-16(13)22-19(21)15(18)11-20/h8-10H,3-7H2,1-2H3,(H2,21,22). The first-order valence-electron chi connectivity index (χ1n) is 8.13. The molecule has 24 heavy (non-hydrogen) atoms. The Bertz CT molecular complexity index is 809. The molecule has 1 aliphatic carbocycles. The monoisotopic (exact) mass is 323 g/mol. The van der Waals surface area contributed by atoms with Gasteiger partial charge in [0.25, 0.3) is 0 Å². The van der Waals surface area contributed by atoms with Crippen molar-refractivity contribution in [2.24, 2.45) is 0 Å². The second-order valence-electron chi connectivity index (χ2n) is 5.91. The molecule has 0 saturated carbocycles. The van der Waals surface area contributed by atoms with Crippen LogP contribution in [0.4, 0.5) is 5.82 Å². The summed E-state index contributed by atoms with van der Waals surface area (Å²) in [4.78, 5) is 4.51. The van der Waals surface area contributed by atoms with Crippen LogP contribution in [0.2, 0.25) is 0 Å². The molecule has 5 nitrogen and oxygen atoms in total. The van der Waals surface area contributed by atoms with E-state index in [0.717, 1.165) is 54.5 Å². The van der Waals surface area contributed by atoms with E-state index in [-0.39, 0.29) is 0 Å². The first kappa shape index (κ1) is 16.1. The average Bonchev–Trinajstić information content (AvgIpc) is 2.85. The van der Waals surface area contributed by atoms with E-state index < -0.39 is 0 Å². The normalized spacial score (nSPS) is 13.5. The van der Waals surface area contributed by atoms with Gasteiger partial charge in [0.05, 0.1) is 14.2 Å². The van der Waals surface area contributed by atoms with Gasteiger partial charge in [-0.25, -0.2) is 4.98 Å². The van der Waals surface area contributed by atoms with E-state index >= 15 is 0 Å². The second-order valence-corrected chi connectivity index (χ2v) is 5.91. The highest BCUT2D eigenvalue weighted by Gasteiger charge is 2.23.